The highest BCUT2D eigenvalue weighted by molar-refractivity contribution is 8.00. The number of hydroxylamine groups is 1. The van der Waals surface area contributed by atoms with Gasteiger partial charge in [0.15, 0.2) is 0 Å². The molecule has 0 unspecified atom stereocenters. The molecule has 2 N–H and O–H groups in total. The van der Waals surface area contributed by atoms with E-state index in [4.69, 9.17) is 5.21 Å². The Hall–Kier alpha value is -1.94. The number of benzene rings is 1. The second-order valence-corrected chi connectivity index (χ2v) is 10.3. The summed E-state index contributed by atoms with van der Waals surface area (Å²) in [7, 11) is -3.90. The second kappa shape index (κ2) is 7.59. The third-order valence-corrected chi connectivity index (χ3v) is 7.80. The van der Waals surface area contributed by atoms with Gasteiger partial charge in [-0.1, -0.05) is 12.1 Å². The molecule has 3 rings (SSSR count). The fourth-order valence-corrected chi connectivity index (χ4v) is 6.33. The molecule has 1 aliphatic heterocycles. The Morgan fingerprint density at radius 2 is 1.78 bits per heavy atom. The van der Waals surface area contributed by atoms with Crippen molar-refractivity contribution in [2.75, 3.05) is 12.3 Å². The number of amides is 1. The summed E-state index contributed by atoms with van der Waals surface area (Å²) in [4.78, 5) is 16.3. The minimum absolute atomic E-state index is 0.110. The Morgan fingerprint density at radius 3 is 2.37 bits per heavy atom. The fourth-order valence-electron chi connectivity index (χ4n) is 3.22. The number of thioether (sulfide) groups is 1. The van der Waals surface area contributed by atoms with Crippen molar-refractivity contribution in [2.45, 2.75) is 29.5 Å². The predicted molar refractivity (Wildman–Crippen MR) is 104 cm³/mol. The number of rotatable bonds is 4. The van der Waals surface area contributed by atoms with Crippen LogP contribution < -0.4 is 5.48 Å². The number of sulfonamides is 1. The lowest BCUT2D eigenvalue weighted by molar-refractivity contribution is -0.134. The van der Waals surface area contributed by atoms with E-state index in [9.17, 15) is 13.2 Å². The third kappa shape index (κ3) is 3.86. The van der Waals surface area contributed by atoms with Gasteiger partial charge in [-0.3, -0.25) is 15.0 Å². The van der Waals surface area contributed by atoms with Crippen LogP contribution in [0.15, 0.2) is 53.7 Å². The van der Waals surface area contributed by atoms with Crippen molar-refractivity contribution in [3.05, 3.63) is 48.8 Å². The summed E-state index contributed by atoms with van der Waals surface area (Å²) in [5, 5.41) is 9.10. The summed E-state index contributed by atoms with van der Waals surface area (Å²) >= 11 is 1.50. The molecule has 1 amide bonds. The molecule has 2 heterocycles. The molecule has 2 aromatic rings. The summed E-state index contributed by atoms with van der Waals surface area (Å²) in [6.45, 7) is 3.79. The zero-order valence-corrected chi connectivity index (χ0v) is 16.6. The maximum absolute atomic E-state index is 13.2. The maximum atomic E-state index is 13.2. The lowest BCUT2D eigenvalue weighted by Crippen LogP contribution is -2.61. The van der Waals surface area contributed by atoms with Crippen LogP contribution >= 0.6 is 11.8 Å². The van der Waals surface area contributed by atoms with E-state index in [1.807, 2.05) is 12.1 Å². The number of pyridine rings is 1. The van der Waals surface area contributed by atoms with Gasteiger partial charge in [0.25, 0.3) is 5.91 Å². The molecule has 144 valence electrons. The van der Waals surface area contributed by atoms with E-state index in [1.165, 1.54) is 28.2 Å². The van der Waals surface area contributed by atoms with Crippen molar-refractivity contribution in [1.82, 2.24) is 14.8 Å². The Balaban J connectivity index is 1.96. The fraction of sp³-hybridized carbons (Fsp3) is 0.333. The smallest absolute Gasteiger partial charge is 0.263 e. The average molecular weight is 408 g/mol. The zero-order chi connectivity index (χ0) is 19.7. The van der Waals surface area contributed by atoms with E-state index in [2.05, 4.69) is 4.98 Å². The molecule has 1 saturated heterocycles. The van der Waals surface area contributed by atoms with Crippen LogP contribution in [0.3, 0.4) is 0 Å². The Bertz CT molecular complexity index is 915. The molecule has 0 spiro atoms. The SMILES string of the molecule is CC1(C)SCCN(S(=O)(=O)c2ccc(-c3ccncc3)cc2)[C@H]1C(=O)NO. The van der Waals surface area contributed by atoms with Gasteiger partial charge in [0, 0.05) is 29.4 Å². The summed E-state index contributed by atoms with van der Waals surface area (Å²) in [5.41, 5.74) is 3.41. The molecule has 1 aliphatic rings. The molecule has 27 heavy (non-hydrogen) atoms. The van der Waals surface area contributed by atoms with E-state index < -0.39 is 26.7 Å². The van der Waals surface area contributed by atoms with Gasteiger partial charge in [0.1, 0.15) is 6.04 Å². The highest BCUT2D eigenvalue weighted by Crippen LogP contribution is 2.38. The normalized spacial score (nSPS) is 20.2. The highest BCUT2D eigenvalue weighted by atomic mass is 32.2. The molecule has 7 nitrogen and oxygen atoms in total. The number of hydrogen-bond donors (Lipinski definition) is 2. The van der Waals surface area contributed by atoms with Crippen LogP contribution in [0.1, 0.15) is 13.8 Å². The van der Waals surface area contributed by atoms with Gasteiger partial charge in [0.05, 0.1) is 4.90 Å². The van der Waals surface area contributed by atoms with Crippen LogP contribution in [0.4, 0.5) is 0 Å². The molecule has 1 aromatic carbocycles. The summed E-state index contributed by atoms with van der Waals surface area (Å²) in [6.07, 6.45) is 3.34. The molecule has 0 bridgehead atoms. The van der Waals surface area contributed by atoms with E-state index in [-0.39, 0.29) is 11.4 Å². The summed E-state index contributed by atoms with van der Waals surface area (Å²) in [5.74, 6) is -0.166. The molecule has 1 fully saturated rings. The predicted octanol–water partition coefficient (Wildman–Crippen LogP) is 2.14. The van der Waals surface area contributed by atoms with Crippen LogP contribution in [0.2, 0.25) is 0 Å². The molecule has 0 radical (unpaired) electrons. The molecular formula is C18H21N3O4S2. The van der Waals surface area contributed by atoms with Crippen molar-refractivity contribution in [2.24, 2.45) is 0 Å². The molecule has 1 aromatic heterocycles. The topological polar surface area (TPSA) is 99.6 Å². The van der Waals surface area contributed by atoms with E-state index in [1.54, 1.807) is 43.9 Å². The van der Waals surface area contributed by atoms with Gasteiger partial charge in [-0.15, -0.1) is 0 Å². The monoisotopic (exact) mass is 407 g/mol. The number of hydrogen-bond acceptors (Lipinski definition) is 6. The van der Waals surface area contributed by atoms with E-state index in [0.717, 1.165) is 11.1 Å². The first-order valence-electron chi connectivity index (χ1n) is 8.37. The van der Waals surface area contributed by atoms with Gasteiger partial charge in [0.2, 0.25) is 10.0 Å². The molecule has 0 aliphatic carbocycles. The molecule has 0 saturated carbocycles. The van der Waals surface area contributed by atoms with Crippen molar-refractivity contribution in [1.29, 1.82) is 0 Å². The third-order valence-electron chi connectivity index (χ3n) is 4.57. The van der Waals surface area contributed by atoms with E-state index >= 15 is 0 Å². The van der Waals surface area contributed by atoms with Gasteiger partial charge < -0.3 is 0 Å². The van der Waals surface area contributed by atoms with Gasteiger partial charge in [-0.25, -0.2) is 13.9 Å². The lowest BCUT2D eigenvalue weighted by atomic mass is 10.0. The van der Waals surface area contributed by atoms with Gasteiger partial charge in [-0.05, 0) is 49.2 Å². The van der Waals surface area contributed by atoms with Crippen LogP contribution in [-0.2, 0) is 14.8 Å². The number of nitrogens with one attached hydrogen (secondary N) is 1. The number of aromatic nitrogens is 1. The van der Waals surface area contributed by atoms with Crippen LogP contribution in [0, 0.1) is 0 Å². The minimum atomic E-state index is -3.90. The molecule has 1 atom stereocenters. The standard InChI is InChI=1S/C18H21N3O4S2/c1-18(2)16(17(22)20-23)21(11-12-26-18)27(24,25)15-5-3-13(4-6-15)14-7-9-19-10-8-14/h3-10,16,23H,11-12H2,1-2H3,(H,20,22)/t16-/m0/s1. The first-order chi connectivity index (χ1) is 12.8. The molecular weight excluding hydrogens is 386 g/mol. The van der Waals surface area contributed by atoms with Gasteiger partial charge in [-0.2, -0.15) is 16.1 Å². The largest absolute Gasteiger partial charge is 0.289 e. The van der Waals surface area contributed by atoms with Crippen LogP contribution in [-0.4, -0.2) is 51.9 Å². The number of carbonyl (C=O) groups is 1. The van der Waals surface area contributed by atoms with Crippen molar-refractivity contribution in [3.63, 3.8) is 0 Å². The van der Waals surface area contributed by atoms with Crippen molar-refractivity contribution >= 4 is 27.7 Å². The second-order valence-electron chi connectivity index (χ2n) is 6.71. The quantitative estimate of drug-likeness (QED) is 0.595. The van der Waals surface area contributed by atoms with Crippen LogP contribution in [0.5, 0.6) is 0 Å². The summed E-state index contributed by atoms with van der Waals surface area (Å²) < 4.78 is 26.9. The molecule has 9 heteroatoms. The Labute approximate surface area is 162 Å². The first-order valence-corrected chi connectivity index (χ1v) is 10.8. The summed E-state index contributed by atoms with van der Waals surface area (Å²) in [6, 6.07) is 9.21. The van der Waals surface area contributed by atoms with Crippen LogP contribution in [0.25, 0.3) is 11.1 Å². The van der Waals surface area contributed by atoms with E-state index in [0.29, 0.717) is 5.75 Å². The maximum Gasteiger partial charge on any atom is 0.263 e. The van der Waals surface area contributed by atoms with Gasteiger partial charge >= 0.3 is 0 Å². The Kier molecular flexibility index (Phi) is 5.57. The zero-order valence-electron chi connectivity index (χ0n) is 15.0. The lowest BCUT2D eigenvalue weighted by Gasteiger charge is -2.43. The number of carbonyl (C=O) groups excluding carboxylic acids is 1. The van der Waals surface area contributed by atoms with Crippen molar-refractivity contribution in [3.8, 4) is 11.1 Å². The number of nitrogens with zero attached hydrogens (tertiary/aromatic N) is 2. The average Bonchev–Trinajstić information content (AvgIpc) is 2.67. The highest BCUT2D eigenvalue weighted by Gasteiger charge is 2.48. The van der Waals surface area contributed by atoms with Crippen molar-refractivity contribution < 1.29 is 18.4 Å². The first kappa shape index (κ1) is 19.8. The Morgan fingerprint density at radius 1 is 1.19 bits per heavy atom. The minimum Gasteiger partial charge on any atom is -0.289 e.